The van der Waals surface area contributed by atoms with Crippen LogP contribution in [0.4, 0.5) is 0 Å². The maximum Gasteiger partial charge on any atom is 0.235 e. The van der Waals surface area contributed by atoms with Crippen LogP contribution >= 0.6 is 0 Å². The van der Waals surface area contributed by atoms with Gasteiger partial charge < -0.3 is 0 Å². The summed E-state index contributed by atoms with van der Waals surface area (Å²) in [7, 11) is -3.18. The van der Waals surface area contributed by atoms with E-state index in [2.05, 4.69) is 4.99 Å². The average Bonchev–Trinajstić information content (AvgIpc) is 2.40. The molecule has 0 bridgehead atoms. The molecule has 0 amide bonds. The highest BCUT2D eigenvalue weighted by Crippen LogP contribution is 2.30. The summed E-state index contributed by atoms with van der Waals surface area (Å²) in [6, 6.07) is -0.131. The number of piperidine rings is 1. The number of isocyanates is 1. The molecule has 0 aromatic rings. The van der Waals surface area contributed by atoms with E-state index in [4.69, 9.17) is 0 Å². The Labute approximate surface area is 115 Å². The SMILES string of the molecule is CC1CC(N=C=O)CCN1S(=O)(=O)C1CCCCC1. The van der Waals surface area contributed by atoms with Crippen LogP contribution in [0.1, 0.15) is 51.9 Å². The molecule has 2 rings (SSSR count). The highest BCUT2D eigenvalue weighted by molar-refractivity contribution is 7.89. The van der Waals surface area contributed by atoms with E-state index in [1.54, 1.807) is 10.4 Å². The van der Waals surface area contributed by atoms with Crippen LogP contribution in [0.5, 0.6) is 0 Å². The molecule has 0 aromatic heterocycles. The van der Waals surface area contributed by atoms with Crippen molar-refractivity contribution in [3.63, 3.8) is 0 Å². The molecule has 0 aromatic carbocycles. The smallest absolute Gasteiger partial charge is 0.212 e. The van der Waals surface area contributed by atoms with Crippen LogP contribution in [-0.4, -0.2) is 42.7 Å². The van der Waals surface area contributed by atoms with Gasteiger partial charge >= 0.3 is 0 Å². The van der Waals surface area contributed by atoms with Crippen LogP contribution in [0.2, 0.25) is 0 Å². The first-order valence-corrected chi connectivity index (χ1v) is 8.63. The van der Waals surface area contributed by atoms with Crippen LogP contribution in [0.3, 0.4) is 0 Å². The van der Waals surface area contributed by atoms with Crippen LogP contribution in [0, 0.1) is 0 Å². The third kappa shape index (κ3) is 3.25. The van der Waals surface area contributed by atoms with E-state index >= 15 is 0 Å². The fraction of sp³-hybridized carbons (Fsp3) is 0.923. The van der Waals surface area contributed by atoms with Gasteiger partial charge in [0.2, 0.25) is 16.1 Å². The third-order valence-corrected chi connectivity index (χ3v) is 6.83. The first kappa shape index (κ1) is 14.7. The van der Waals surface area contributed by atoms with Gasteiger partial charge in [-0.3, -0.25) is 0 Å². The van der Waals surface area contributed by atoms with Gasteiger partial charge in [0.25, 0.3) is 0 Å². The van der Waals surface area contributed by atoms with Crippen LogP contribution < -0.4 is 0 Å². The van der Waals surface area contributed by atoms with Gasteiger partial charge in [-0.05, 0) is 32.6 Å². The number of aliphatic imine (C=N–C) groups is 1. The van der Waals surface area contributed by atoms with E-state index in [1.807, 2.05) is 6.92 Å². The zero-order valence-electron chi connectivity index (χ0n) is 11.4. The number of nitrogens with zero attached hydrogens (tertiary/aromatic N) is 2. The summed E-state index contributed by atoms with van der Waals surface area (Å²) in [5.41, 5.74) is 0. The molecule has 0 spiro atoms. The first-order valence-electron chi connectivity index (χ1n) is 7.13. The summed E-state index contributed by atoms with van der Waals surface area (Å²) in [6.07, 6.45) is 7.61. The number of hydrogen-bond acceptors (Lipinski definition) is 4. The maximum absolute atomic E-state index is 12.6. The molecule has 19 heavy (non-hydrogen) atoms. The molecule has 1 aliphatic carbocycles. The van der Waals surface area contributed by atoms with Gasteiger partial charge in [-0.1, -0.05) is 19.3 Å². The molecule has 6 heteroatoms. The Hall–Kier alpha value is -0.710. The largest absolute Gasteiger partial charge is 0.235 e. The molecule has 1 heterocycles. The van der Waals surface area contributed by atoms with Crippen LogP contribution in [0.15, 0.2) is 4.99 Å². The van der Waals surface area contributed by atoms with Crippen molar-refractivity contribution in [1.82, 2.24) is 4.31 Å². The number of sulfonamides is 1. The number of carbonyl (C=O) groups excluding carboxylic acids is 1. The minimum absolute atomic E-state index is 0.0645. The summed E-state index contributed by atoms with van der Waals surface area (Å²) >= 11 is 0. The second-order valence-corrected chi connectivity index (χ2v) is 7.83. The molecule has 1 saturated carbocycles. The van der Waals surface area contributed by atoms with Gasteiger partial charge in [0.1, 0.15) is 0 Å². The fourth-order valence-electron chi connectivity index (χ4n) is 3.25. The van der Waals surface area contributed by atoms with Crippen molar-refractivity contribution in [2.24, 2.45) is 4.99 Å². The standard InChI is InChI=1S/C13H22N2O3S/c1-11-9-12(14-10-16)7-8-15(11)19(17,18)13-5-3-2-4-6-13/h11-13H,2-9H2,1H3. The van der Waals surface area contributed by atoms with Gasteiger partial charge in [0.15, 0.2) is 0 Å². The Morgan fingerprint density at radius 2 is 1.84 bits per heavy atom. The van der Waals surface area contributed by atoms with Crippen LogP contribution in [-0.2, 0) is 14.8 Å². The van der Waals surface area contributed by atoms with Crippen molar-refractivity contribution in [3.8, 4) is 0 Å². The van der Waals surface area contributed by atoms with Gasteiger partial charge in [-0.25, -0.2) is 18.2 Å². The third-order valence-electron chi connectivity index (χ3n) is 4.32. The van der Waals surface area contributed by atoms with E-state index in [0.29, 0.717) is 19.4 Å². The molecular weight excluding hydrogens is 264 g/mol. The molecule has 0 N–H and O–H groups in total. The highest BCUT2D eigenvalue weighted by atomic mass is 32.2. The number of rotatable bonds is 3. The molecule has 2 unspecified atom stereocenters. The summed E-state index contributed by atoms with van der Waals surface area (Å²) in [4.78, 5) is 14.0. The van der Waals surface area contributed by atoms with E-state index in [0.717, 1.165) is 32.1 Å². The van der Waals surface area contributed by atoms with Crippen LogP contribution in [0.25, 0.3) is 0 Å². The van der Waals surface area contributed by atoms with Crippen molar-refractivity contribution >= 4 is 16.1 Å². The predicted octanol–water partition coefficient (Wildman–Crippen LogP) is 1.84. The second kappa shape index (κ2) is 6.16. The zero-order chi connectivity index (χ0) is 13.9. The lowest BCUT2D eigenvalue weighted by atomic mass is 10.0. The molecule has 2 aliphatic rings. The Morgan fingerprint density at radius 3 is 2.42 bits per heavy atom. The summed E-state index contributed by atoms with van der Waals surface area (Å²) in [5.74, 6) is 0. The quantitative estimate of drug-likeness (QED) is 0.587. The van der Waals surface area contributed by atoms with E-state index < -0.39 is 10.0 Å². The molecule has 1 aliphatic heterocycles. The molecular formula is C13H22N2O3S. The van der Waals surface area contributed by atoms with Gasteiger partial charge in [-0.2, -0.15) is 4.31 Å². The van der Waals surface area contributed by atoms with Gasteiger partial charge in [0, 0.05) is 12.6 Å². The Morgan fingerprint density at radius 1 is 1.16 bits per heavy atom. The van der Waals surface area contributed by atoms with Crippen molar-refractivity contribution in [1.29, 1.82) is 0 Å². The minimum Gasteiger partial charge on any atom is -0.212 e. The lowest BCUT2D eigenvalue weighted by molar-refractivity contribution is 0.243. The van der Waals surface area contributed by atoms with E-state index in [-0.39, 0.29) is 17.3 Å². The summed E-state index contributed by atoms with van der Waals surface area (Å²) in [5, 5.41) is -0.199. The topological polar surface area (TPSA) is 66.8 Å². The van der Waals surface area contributed by atoms with Crippen molar-refractivity contribution < 1.29 is 13.2 Å². The first-order chi connectivity index (χ1) is 9.05. The monoisotopic (exact) mass is 286 g/mol. The van der Waals surface area contributed by atoms with Crippen molar-refractivity contribution in [3.05, 3.63) is 0 Å². The molecule has 2 atom stereocenters. The Balaban J connectivity index is 2.06. The Kier molecular flexibility index (Phi) is 4.76. The highest BCUT2D eigenvalue weighted by Gasteiger charge is 2.38. The fourth-order valence-corrected chi connectivity index (χ4v) is 5.51. The number of hydrogen-bond donors (Lipinski definition) is 0. The average molecular weight is 286 g/mol. The predicted molar refractivity (Wildman–Crippen MR) is 73.1 cm³/mol. The Bertz CT molecular complexity index is 451. The van der Waals surface area contributed by atoms with Crippen molar-refractivity contribution in [2.75, 3.05) is 6.54 Å². The second-order valence-electron chi connectivity index (χ2n) is 5.66. The lowest BCUT2D eigenvalue weighted by Gasteiger charge is -2.38. The zero-order valence-corrected chi connectivity index (χ0v) is 12.2. The van der Waals surface area contributed by atoms with Gasteiger partial charge in [0.05, 0.1) is 11.3 Å². The molecule has 2 fully saturated rings. The minimum atomic E-state index is -3.18. The molecule has 1 saturated heterocycles. The van der Waals surface area contributed by atoms with Crippen molar-refractivity contribution in [2.45, 2.75) is 69.2 Å². The van der Waals surface area contributed by atoms with E-state index in [1.165, 1.54) is 0 Å². The summed E-state index contributed by atoms with van der Waals surface area (Å²) in [6.45, 7) is 2.39. The molecule has 5 nitrogen and oxygen atoms in total. The maximum atomic E-state index is 12.6. The molecule has 0 radical (unpaired) electrons. The van der Waals surface area contributed by atoms with E-state index in [9.17, 15) is 13.2 Å². The lowest BCUT2D eigenvalue weighted by Crippen LogP contribution is -2.49. The van der Waals surface area contributed by atoms with Gasteiger partial charge in [-0.15, -0.1) is 0 Å². The normalized spacial score (nSPS) is 30.8. The molecule has 108 valence electrons. The summed E-state index contributed by atoms with van der Waals surface area (Å²) < 4.78 is 26.9.